The number of hydrogen-bond acceptors (Lipinski definition) is 6. The molecule has 3 rings (SSSR count). The van der Waals surface area contributed by atoms with Gasteiger partial charge < -0.3 is 20.1 Å². The van der Waals surface area contributed by atoms with Crippen LogP contribution in [-0.2, 0) is 4.79 Å². The van der Waals surface area contributed by atoms with E-state index in [4.69, 9.17) is 4.74 Å². The number of aromatic hydroxyl groups is 1. The average Bonchev–Trinajstić information content (AvgIpc) is 2.86. The topological polar surface area (TPSA) is 103 Å². The highest BCUT2D eigenvalue weighted by Gasteiger charge is 2.14. The molecule has 0 heterocycles. The van der Waals surface area contributed by atoms with Gasteiger partial charge >= 0.3 is 0 Å². The lowest BCUT2D eigenvalue weighted by Crippen LogP contribution is -2.32. The first kappa shape index (κ1) is 25.0. The lowest BCUT2D eigenvalue weighted by atomic mass is 10.1. The van der Waals surface area contributed by atoms with Crippen LogP contribution >= 0.6 is 0 Å². The number of para-hydroxylation sites is 1. The average molecular weight is 473 g/mol. The van der Waals surface area contributed by atoms with Crippen LogP contribution in [0.15, 0.2) is 83.6 Å². The van der Waals surface area contributed by atoms with Crippen LogP contribution in [0.3, 0.4) is 0 Å². The van der Waals surface area contributed by atoms with Crippen LogP contribution in [0.4, 0.5) is 5.69 Å². The molecule has 3 aromatic rings. The number of amides is 2. The third-order valence-corrected chi connectivity index (χ3v) is 4.95. The molecule has 35 heavy (non-hydrogen) atoms. The molecule has 8 nitrogen and oxygen atoms in total. The Balaban J connectivity index is 1.82. The standard InChI is InChI=1S/C27H28N4O4/c1-4-35-24-12-8-11-21(25(24)32)18-28-30-27(34)23(29-26(33)20-9-6-5-7-10-20)17-19-13-15-22(16-14-19)31(2)3/h5-18,32H,4H2,1-3H3,(H,29,33)(H,30,34). The van der Waals surface area contributed by atoms with Gasteiger partial charge in [0.05, 0.1) is 12.8 Å². The number of hydrogen-bond donors (Lipinski definition) is 3. The summed E-state index contributed by atoms with van der Waals surface area (Å²) in [7, 11) is 3.87. The molecule has 0 saturated heterocycles. The van der Waals surface area contributed by atoms with Gasteiger partial charge in [-0.25, -0.2) is 5.43 Å². The highest BCUT2D eigenvalue weighted by molar-refractivity contribution is 6.05. The monoisotopic (exact) mass is 472 g/mol. The van der Waals surface area contributed by atoms with E-state index >= 15 is 0 Å². The van der Waals surface area contributed by atoms with Gasteiger partial charge in [-0.05, 0) is 55.0 Å². The second kappa shape index (κ2) is 12.0. The summed E-state index contributed by atoms with van der Waals surface area (Å²) in [5.41, 5.74) is 4.92. The van der Waals surface area contributed by atoms with Crippen LogP contribution in [0.1, 0.15) is 28.4 Å². The van der Waals surface area contributed by atoms with Crippen molar-refractivity contribution in [1.82, 2.24) is 10.7 Å². The minimum atomic E-state index is -0.623. The van der Waals surface area contributed by atoms with E-state index in [-0.39, 0.29) is 11.4 Å². The van der Waals surface area contributed by atoms with Crippen LogP contribution < -0.4 is 20.4 Å². The predicted molar refractivity (Wildman–Crippen MR) is 138 cm³/mol. The maximum absolute atomic E-state index is 12.9. The fourth-order valence-corrected chi connectivity index (χ4v) is 3.11. The van der Waals surface area contributed by atoms with E-state index in [2.05, 4.69) is 15.8 Å². The van der Waals surface area contributed by atoms with Gasteiger partial charge in [-0.3, -0.25) is 9.59 Å². The highest BCUT2D eigenvalue weighted by Crippen LogP contribution is 2.28. The quantitative estimate of drug-likeness (QED) is 0.250. The Morgan fingerprint density at radius 1 is 1.00 bits per heavy atom. The molecule has 0 aliphatic heterocycles. The molecule has 180 valence electrons. The third kappa shape index (κ3) is 6.94. The lowest BCUT2D eigenvalue weighted by molar-refractivity contribution is -0.117. The van der Waals surface area contributed by atoms with Crippen molar-refractivity contribution >= 4 is 29.8 Å². The first-order valence-corrected chi connectivity index (χ1v) is 11.0. The minimum absolute atomic E-state index is 0.0147. The van der Waals surface area contributed by atoms with Crippen LogP contribution in [0, 0.1) is 0 Å². The smallest absolute Gasteiger partial charge is 0.287 e. The number of nitrogens with zero attached hydrogens (tertiary/aromatic N) is 2. The lowest BCUT2D eigenvalue weighted by Gasteiger charge is -2.13. The van der Waals surface area contributed by atoms with Gasteiger partial charge in [0.2, 0.25) is 0 Å². The zero-order valence-electron chi connectivity index (χ0n) is 19.9. The van der Waals surface area contributed by atoms with Crippen LogP contribution in [0.25, 0.3) is 6.08 Å². The van der Waals surface area contributed by atoms with Gasteiger partial charge in [0.1, 0.15) is 5.70 Å². The van der Waals surface area contributed by atoms with E-state index in [1.54, 1.807) is 54.6 Å². The largest absolute Gasteiger partial charge is 0.504 e. The molecule has 0 fully saturated rings. The number of anilines is 1. The maximum Gasteiger partial charge on any atom is 0.287 e. The van der Waals surface area contributed by atoms with Gasteiger partial charge in [-0.1, -0.05) is 36.4 Å². The summed E-state index contributed by atoms with van der Waals surface area (Å²) < 4.78 is 5.36. The number of carbonyl (C=O) groups is 2. The van der Waals surface area contributed by atoms with Crippen molar-refractivity contribution in [2.24, 2.45) is 5.10 Å². The van der Waals surface area contributed by atoms with Crippen molar-refractivity contribution in [3.63, 3.8) is 0 Å². The molecule has 3 aromatic carbocycles. The zero-order valence-corrected chi connectivity index (χ0v) is 19.9. The molecule has 0 aliphatic rings. The zero-order chi connectivity index (χ0) is 25.2. The summed E-state index contributed by atoms with van der Waals surface area (Å²) in [6, 6.07) is 21.1. The molecule has 2 amide bonds. The fourth-order valence-electron chi connectivity index (χ4n) is 3.11. The van der Waals surface area contributed by atoms with E-state index in [0.717, 1.165) is 11.3 Å². The number of benzene rings is 3. The maximum atomic E-state index is 12.9. The van der Waals surface area contributed by atoms with Gasteiger partial charge in [0, 0.05) is 30.9 Å². The molecule has 0 aliphatic carbocycles. The number of hydrazone groups is 1. The van der Waals surface area contributed by atoms with E-state index < -0.39 is 11.8 Å². The van der Waals surface area contributed by atoms with E-state index in [0.29, 0.717) is 23.5 Å². The second-order valence-electron chi connectivity index (χ2n) is 7.69. The molecule has 0 aromatic heterocycles. The molecule has 0 bridgehead atoms. The van der Waals surface area contributed by atoms with Crippen molar-refractivity contribution in [1.29, 1.82) is 0 Å². The number of nitrogens with one attached hydrogen (secondary N) is 2. The molecule has 0 atom stereocenters. The molecule has 0 spiro atoms. The Kier molecular flexibility index (Phi) is 8.61. The first-order chi connectivity index (χ1) is 16.9. The predicted octanol–water partition coefficient (Wildman–Crippen LogP) is 3.78. The molecule has 8 heteroatoms. The Hall–Kier alpha value is -4.59. The van der Waals surface area contributed by atoms with Gasteiger partial charge in [-0.2, -0.15) is 5.10 Å². The highest BCUT2D eigenvalue weighted by atomic mass is 16.5. The van der Waals surface area contributed by atoms with Crippen LogP contribution in [-0.4, -0.2) is 43.8 Å². The molecule has 0 saturated carbocycles. The second-order valence-corrected chi connectivity index (χ2v) is 7.69. The number of carbonyl (C=O) groups excluding carboxylic acids is 2. The third-order valence-electron chi connectivity index (χ3n) is 4.95. The van der Waals surface area contributed by atoms with Gasteiger partial charge in [-0.15, -0.1) is 0 Å². The van der Waals surface area contributed by atoms with Crippen molar-refractivity contribution in [3.05, 3.63) is 95.2 Å². The van der Waals surface area contributed by atoms with E-state index in [9.17, 15) is 14.7 Å². The molecular weight excluding hydrogens is 444 g/mol. The fraction of sp³-hybridized carbons (Fsp3) is 0.148. The Morgan fingerprint density at radius 3 is 2.37 bits per heavy atom. The SMILES string of the molecule is CCOc1cccc(C=NNC(=O)C(=Cc2ccc(N(C)C)cc2)NC(=O)c2ccccc2)c1O. The summed E-state index contributed by atoms with van der Waals surface area (Å²) in [5, 5.41) is 16.9. The minimum Gasteiger partial charge on any atom is -0.504 e. The van der Waals surface area contributed by atoms with Crippen molar-refractivity contribution in [2.45, 2.75) is 6.92 Å². The molecule has 0 unspecified atom stereocenters. The molecular formula is C27H28N4O4. The van der Waals surface area contributed by atoms with Crippen LogP contribution in [0.5, 0.6) is 11.5 Å². The Bertz CT molecular complexity index is 1220. The Morgan fingerprint density at radius 2 is 1.71 bits per heavy atom. The summed E-state index contributed by atoms with van der Waals surface area (Å²) in [5.74, 6) is -0.813. The Labute approximate surface area is 204 Å². The molecule has 3 N–H and O–H groups in total. The molecule has 0 radical (unpaired) electrons. The van der Waals surface area contributed by atoms with Gasteiger partial charge in [0.15, 0.2) is 11.5 Å². The number of phenolic OH excluding ortho intramolecular Hbond substituents is 1. The van der Waals surface area contributed by atoms with E-state index in [1.807, 2.05) is 50.2 Å². The van der Waals surface area contributed by atoms with E-state index in [1.165, 1.54) is 6.21 Å². The van der Waals surface area contributed by atoms with Crippen molar-refractivity contribution in [3.8, 4) is 11.5 Å². The summed E-state index contributed by atoms with van der Waals surface area (Å²) in [6.45, 7) is 2.21. The number of phenols is 1. The van der Waals surface area contributed by atoms with Crippen LogP contribution in [0.2, 0.25) is 0 Å². The van der Waals surface area contributed by atoms with Crippen molar-refractivity contribution in [2.75, 3.05) is 25.6 Å². The van der Waals surface area contributed by atoms with Crippen molar-refractivity contribution < 1.29 is 19.4 Å². The normalized spacial score (nSPS) is 11.2. The summed E-state index contributed by atoms with van der Waals surface area (Å²) >= 11 is 0. The number of ether oxygens (including phenoxy) is 1. The summed E-state index contributed by atoms with van der Waals surface area (Å²) in [6.07, 6.45) is 2.87. The first-order valence-electron chi connectivity index (χ1n) is 11.0. The van der Waals surface area contributed by atoms with Gasteiger partial charge in [0.25, 0.3) is 11.8 Å². The summed E-state index contributed by atoms with van der Waals surface area (Å²) in [4.78, 5) is 27.6. The number of rotatable bonds is 9.